The van der Waals surface area contributed by atoms with Crippen LogP contribution in [0.3, 0.4) is 0 Å². The molecule has 1 N–H and O–H groups in total. The van der Waals surface area contributed by atoms with Crippen molar-refractivity contribution >= 4 is 33.0 Å². The summed E-state index contributed by atoms with van der Waals surface area (Å²) in [4.78, 5) is 38.1. The molecule has 0 unspecified atom stereocenters. The topological polar surface area (TPSA) is 71.9 Å². The van der Waals surface area contributed by atoms with Crippen molar-refractivity contribution in [2.75, 3.05) is 0 Å². The molecule has 2 aromatic heterocycles. The minimum atomic E-state index is -0.559. The highest BCUT2D eigenvalue weighted by molar-refractivity contribution is 9.11. The molecular formula is C11H9BrN2O3S. The molecule has 0 aliphatic heterocycles. The van der Waals surface area contributed by atoms with Crippen LogP contribution in [0.25, 0.3) is 0 Å². The number of ketones is 1. The summed E-state index contributed by atoms with van der Waals surface area (Å²) < 4.78 is 1.94. The second-order valence-electron chi connectivity index (χ2n) is 3.66. The van der Waals surface area contributed by atoms with Gasteiger partial charge in [0.05, 0.1) is 15.9 Å². The number of H-pyrrole nitrogens is 1. The number of rotatable bonds is 3. The zero-order valence-electron chi connectivity index (χ0n) is 9.40. The molecule has 2 aromatic rings. The summed E-state index contributed by atoms with van der Waals surface area (Å²) in [6, 6.07) is 3.66. The smallest absolute Gasteiger partial charge is 0.313 e. The average Bonchev–Trinajstić information content (AvgIpc) is 2.69. The number of carbonyl (C=O) groups excluding carboxylic acids is 1. The molecule has 0 fully saturated rings. The number of carbonyl (C=O) groups is 1. The van der Waals surface area contributed by atoms with Gasteiger partial charge in [-0.3, -0.25) is 14.2 Å². The Hall–Kier alpha value is -1.47. The van der Waals surface area contributed by atoms with Gasteiger partial charge < -0.3 is 4.98 Å². The Morgan fingerprint density at radius 3 is 2.72 bits per heavy atom. The number of Topliss-reactive ketones (excluding diaryl/α,β-unsaturated/α-hetero) is 1. The molecule has 94 valence electrons. The maximum atomic E-state index is 12.0. The predicted molar refractivity (Wildman–Crippen MR) is 72.4 cm³/mol. The van der Waals surface area contributed by atoms with E-state index in [1.807, 2.05) is 12.1 Å². The summed E-state index contributed by atoms with van der Waals surface area (Å²) >= 11 is 4.74. The fourth-order valence-electron chi connectivity index (χ4n) is 1.50. The van der Waals surface area contributed by atoms with Crippen LogP contribution in [0, 0.1) is 0 Å². The van der Waals surface area contributed by atoms with Gasteiger partial charge in [0.2, 0.25) is 0 Å². The lowest BCUT2D eigenvalue weighted by molar-refractivity contribution is 0.101. The van der Waals surface area contributed by atoms with Crippen LogP contribution < -0.4 is 11.2 Å². The Morgan fingerprint density at radius 2 is 2.17 bits per heavy atom. The number of thiophene rings is 1. The fourth-order valence-corrected chi connectivity index (χ4v) is 2.97. The standard InChI is InChI=1S/C11H9BrN2O3S/c1-6(15)8-4-13-11(17)14(10(8)16)5-7-2-3-9(12)18-7/h2-4H,5H2,1H3,(H,13,17). The first-order valence-electron chi connectivity index (χ1n) is 5.06. The van der Waals surface area contributed by atoms with Crippen LogP contribution in [-0.2, 0) is 6.54 Å². The van der Waals surface area contributed by atoms with Gasteiger partial charge in [-0.2, -0.15) is 0 Å². The lowest BCUT2D eigenvalue weighted by Crippen LogP contribution is -2.37. The van der Waals surface area contributed by atoms with Gasteiger partial charge in [0.15, 0.2) is 5.78 Å². The summed E-state index contributed by atoms with van der Waals surface area (Å²) in [5.74, 6) is -0.364. The van der Waals surface area contributed by atoms with E-state index in [2.05, 4.69) is 20.9 Å². The van der Waals surface area contributed by atoms with Gasteiger partial charge >= 0.3 is 5.69 Å². The summed E-state index contributed by atoms with van der Waals surface area (Å²) in [7, 11) is 0. The van der Waals surface area contributed by atoms with Crippen molar-refractivity contribution in [1.82, 2.24) is 9.55 Å². The van der Waals surface area contributed by atoms with Crippen LogP contribution in [0.5, 0.6) is 0 Å². The van der Waals surface area contributed by atoms with E-state index in [1.54, 1.807) is 0 Å². The predicted octanol–water partition coefficient (Wildman–Crippen LogP) is 1.61. The van der Waals surface area contributed by atoms with Gasteiger partial charge in [0.1, 0.15) is 0 Å². The zero-order valence-corrected chi connectivity index (χ0v) is 11.8. The second kappa shape index (κ2) is 5.03. The SMILES string of the molecule is CC(=O)c1c[nH]c(=O)n(Cc2ccc(Br)s2)c1=O. The molecule has 0 saturated carbocycles. The van der Waals surface area contributed by atoms with E-state index >= 15 is 0 Å². The summed E-state index contributed by atoms with van der Waals surface area (Å²) in [6.07, 6.45) is 1.16. The van der Waals surface area contributed by atoms with Crippen LogP contribution >= 0.6 is 27.3 Å². The van der Waals surface area contributed by atoms with Crippen LogP contribution in [0.15, 0.2) is 31.7 Å². The Kier molecular flexibility index (Phi) is 3.63. The van der Waals surface area contributed by atoms with Gasteiger partial charge in [0.25, 0.3) is 5.56 Å². The summed E-state index contributed by atoms with van der Waals surface area (Å²) in [5.41, 5.74) is -1.09. The third-order valence-corrected chi connectivity index (χ3v) is 3.99. The van der Waals surface area contributed by atoms with E-state index in [1.165, 1.54) is 18.3 Å². The van der Waals surface area contributed by atoms with Crippen molar-refractivity contribution < 1.29 is 4.79 Å². The molecule has 2 rings (SSSR count). The van der Waals surface area contributed by atoms with Crippen molar-refractivity contribution in [3.05, 3.63) is 53.4 Å². The molecule has 0 aromatic carbocycles. The minimum Gasteiger partial charge on any atom is -0.313 e. The highest BCUT2D eigenvalue weighted by Crippen LogP contribution is 2.22. The lowest BCUT2D eigenvalue weighted by Gasteiger charge is -2.03. The van der Waals surface area contributed by atoms with Crippen molar-refractivity contribution in [2.24, 2.45) is 0 Å². The summed E-state index contributed by atoms with van der Waals surface area (Å²) in [5, 5.41) is 0. The molecule has 7 heteroatoms. The quantitative estimate of drug-likeness (QED) is 0.870. The largest absolute Gasteiger partial charge is 0.328 e. The van der Waals surface area contributed by atoms with E-state index in [-0.39, 0.29) is 17.9 Å². The number of halogens is 1. The molecule has 0 saturated heterocycles. The molecule has 0 aliphatic rings. The number of aromatic amines is 1. The number of nitrogens with zero attached hydrogens (tertiary/aromatic N) is 1. The number of hydrogen-bond donors (Lipinski definition) is 1. The highest BCUT2D eigenvalue weighted by atomic mass is 79.9. The van der Waals surface area contributed by atoms with E-state index < -0.39 is 11.2 Å². The average molecular weight is 329 g/mol. The minimum absolute atomic E-state index is 0.00905. The Bertz CT molecular complexity index is 714. The molecular weight excluding hydrogens is 320 g/mol. The molecule has 0 aliphatic carbocycles. The fraction of sp³-hybridized carbons (Fsp3) is 0.182. The van der Waals surface area contributed by atoms with Gasteiger partial charge in [0, 0.05) is 11.1 Å². The zero-order chi connectivity index (χ0) is 13.3. The number of hydrogen-bond acceptors (Lipinski definition) is 4. The Morgan fingerprint density at radius 1 is 1.44 bits per heavy atom. The van der Waals surface area contributed by atoms with E-state index in [9.17, 15) is 14.4 Å². The van der Waals surface area contributed by atoms with E-state index in [0.29, 0.717) is 0 Å². The first-order chi connectivity index (χ1) is 8.49. The molecule has 0 spiro atoms. The number of nitrogens with one attached hydrogen (secondary N) is 1. The van der Waals surface area contributed by atoms with Gasteiger partial charge in [-0.25, -0.2) is 4.79 Å². The lowest BCUT2D eigenvalue weighted by atomic mass is 10.2. The molecule has 2 heterocycles. The Balaban J connectivity index is 2.50. The maximum Gasteiger partial charge on any atom is 0.328 e. The molecule has 0 bridgehead atoms. The summed E-state index contributed by atoms with van der Waals surface area (Å²) in [6.45, 7) is 1.45. The van der Waals surface area contributed by atoms with Crippen molar-refractivity contribution in [1.29, 1.82) is 0 Å². The third-order valence-electron chi connectivity index (χ3n) is 2.38. The van der Waals surface area contributed by atoms with Crippen LogP contribution in [0.1, 0.15) is 22.2 Å². The molecule has 5 nitrogen and oxygen atoms in total. The van der Waals surface area contributed by atoms with Crippen molar-refractivity contribution in [3.63, 3.8) is 0 Å². The van der Waals surface area contributed by atoms with Crippen molar-refractivity contribution in [3.8, 4) is 0 Å². The molecule has 18 heavy (non-hydrogen) atoms. The van der Waals surface area contributed by atoms with Crippen LogP contribution in [0.2, 0.25) is 0 Å². The number of aromatic nitrogens is 2. The molecule has 0 amide bonds. The van der Waals surface area contributed by atoms with Gasteiger partial charge in [-0.05, 0) is 35.0 Å². The molecule has 0 radical (unpaired) electrons. The maximum absolute atomic E-state index is 12.0. The van der Waals surface area contributed by atoms with Gasteiger partial charge in [-0.1, -0.05) is 0 Å². The van der Waals surface area contributed by atoms with Gasteiger partial charge in [-0.15, -0.1) is 11.3 Å². The van der Waals surface area contributed by atoms with E-state index in [0.717, 1.165) is 19.4 Å². The van der Waals surface area contributed by atoms with Crippen molar-refractivity contribution in [2.45, 2.75) is 13.5 Å². The third kappa shape index (κ3) is 2.51. The molecule has 0 atom stereocenters. The van der Waals surface area contributed by atoms with Crippen LogP contribution in [-0.4, -0.2) is 15.3 Å². The van der Waals surface area contributed by atoms with Crippen LogP contribution in [0.4, 0.5) is 0 Å². The first kappa shape index (κ1) is 13.0. The highest BCUT2D eigenvalue weighted by Gasteiger charge is 2.11. The monoisotopic (exact) mass is 328 g/mol. The second-order valence-corrected chi connectivity index (χ2v) is 6.21. The normalized spacial score (nSPS) is 10.6. The first-order valence-corrected chi connectivity index (χ1v) is 6.67. The van der Waals surface area contributed by atoms with E-state index in [4.69, 9.17) is 0 Å². The Labute approximate surface area is 114 Å².